The fourth-order valence-electron chi connectivity index (χ4n) is 3.52. The summed E-state index contributed by atoms with van der Waals surface area (Å²) in [6, 6.07) is 0. The van der Waals surface area contributed by atoms with Gasteiger partial charge < -0.3 is 4.55 Å². The molecule has 164 valence electrons. The first kappa shape index (κ1) is 30.8. The maximum atomic E-state index is 10.3. The van der Waals surface area contributed by atoms with Gasteiger partial charge in [-0.2, -0.15) is 0 Å². The van der Waals surface area contributed by atoms with Gasteiger partial charge in [0.2, 0.25) is 10.4 Å². The van der Waals surface area contributed by atoms with E-state index >= 15 is 0 Å². The molecule has 0 atom stereocenters. The second kappa shape index (κ2) is 23.9. The molecule has 0 bridgehead atoms. The molecule has 0 aromatic heterocycles. The maximum absolute atomic E-state index is 10.3. The van der Waals surface area contributed by atoms with E-state index in [1.165, 1.54) is 109 Å². The van der Waals surface area contributed by atoms with Gasteiger partial charge in [0, 0.05) is 0 Å². The van der Waals surface area contributed by atoms with Crippen LogP contribution in [0.1, 0.15) is 135 Å². The first-order valence-electron chi connectivity index (χ1n) is 11.7. The van der Waals surface area contributed by atoms with E-state index in [0.29, 0.717) is 6.42 Å². The van der Waals surface area contributed by atoms with E-state index in [9.17, 15) is 13.0 Å². The van der Waals surface area contributed by atoms with Crippen LogP contribution in [0.15, 0.2) is 0 Å². The Morgan fingerprint density at radius 2 is 0.786 bits per heavy atom. The Hall–Kier alpha value is 0.636. The summed E-state index contributed by atoms with van der Waals surface area (Å²) >= 11 is 0. The average Bonchev–Trinajstić information content (AvgIpc) is 2.62. The Bertz CT molecular complexity index is 388. The molecule has 0 aliphatic heterocycles. The maximum Gasteiger partial charge on any atom is 2.00 e. The number of hydrogen-bond acceptors (Lipinski definition) is 4. The van der Waals surface area contributed by atoms with E-state index < -0.39 is 10.4 Å². The predicted molar refractivity (Wildman–Crippen MR) is 119 cm³/mol. The van der Waals surface area contributed by atoms with Crippen LogP contribution >= 0.6 is 0 Å². The van der Waals surface area contributed by atoms with Crippen LogP contribution in [0.4, 0.5) is 0 Å². The van der Waals surface area contributed by atoms with Gasteiger partial charge in [-0.05, 0) is 6.42 Å². The molecule has 0 N–H and O–H groups in total. The molecule has 0 heterocycles. The van der Waals surface area contributed by atoms with Crippen LogP contribution in [-0.2, 0) is 14.6 Å². The molecule has 0 amide bonds. The third kappa shape index (κ3) is 28.8. The molecule has 0 aliphatic rings. The molecule has 0 unspecified atom stereocenters. The molecule has 28 heavy (non-hydrogen) atoms. The van der Waals surface area contributed by atoms with Gasteiger partial charge in [-0.15, -0.1) is 0 Å². The molecular formula is C22H45MgO4S+. The van der Waals surface area contributed by atoms with Gasteiger partial charge in [0.1, 0.15) is 0 Å². The number of hydrogen-bond donors (Lipinski definition) is 0. The zero-order valence-electron chi connectivity index (χ0n) is 18.6. The SMILES string of the molecule is CCCCCCCCCCCCCCCCCCCCCCOS(=O)(=O)[O-].[Mg+2]. The van der Waals surface area contributed by atoms with Crippen molar-refractivity contribution < 1.29 is 17.2 Å². The molecule has 0 fully saturated rings. The van der Waals surface area contributed by atoms with E-state index in [-0.39, 0.29) is 29.7 Å². The predicted octanol–water partition coefficient (Wildman–Crippen LogP) is 6.90. The minimum absolute atomic E-state index is 0. The molecule has 0 aromatic carbocycles. The molecule has 0 saturated carbocycles. The number of rotatable bonds is 22. The fraction of sp³-hybridized carbons (Fsp3) is 1.00. The van der Waals surface area contributed by atoms with Gasteiger partial charge in [-0.25, -0.2) is 8.42 Å². The normalized spacial score (nSPS) is 11.5. The first-order chi connectivity index (χ1) is 13.1. The monoisotopic (exact) mass is 429 g/mol. The molecule has 0 radical (unpaired) electrons. The van der Waals surface area contributed by atoms with Crippen molar-refractivity contribution in [1.29, 1.82) is 0 Å². The van der Waals surface area contributed by atoms with Crippen molar-refractivity contribution in [2.24, 2.45) is 0 Å². The Morgan fingerprint density at radius 3 is 1.04 bits per heavy atom. The second-order valence-corrected chi connectivity index (χ2v) is 9.00. The van der Waals surface area contributed by atoms with Crippen LogP contribution in [0.3, 0.4) is 0 Å². The van der Waals surface area contributed by atoms with Crippen LogP contribution in [0.5, 0.6) is 0 Å². The van der Waals surface area contributed by atoms with Crippen molar-refractivity contribution in [2.75, 3.05) is 6.61 Å². The zero-order valence-corrected chi connectivity index (χ0v) is 20.8. The molecule has 0 aromatic rings. The van der Waals surface area contributed by atoms with E-state index in [4.69, 9.17) is 0 Å². The van der Waals surface area contributed by atoms with Crippen LogP contribution in [0, 0.1) is 0 Å². The van der Waals surface area contributed by atoms with Gasteiger partial charge in [-0.3, -0.25) is 4.18 Å². The van der Waals surface area contributed by atoms with Gasteiger partial charge >= 0.3 is 23.1 Å². The largest absolute Gasteiger partial charge is 2.00 e. The average molecular weight is 430 g/mol. The van der Waals surface area contributed by atoms with Gasteiger partial charge in [0.05, 0.1) is 6.61 Å². The third-order valence-electron chi connectivity index (χ3n) is 5.23. The standard InChI is InChI=1S/C22H46O4S.Mg/c1-2-3-4-5-6-7-8-9-10-11-12-13-14-15-16-17-18-19-20-21-22-26-27(23,24)25;/h2-22H2,1H3,(H,23,24,25);/q;+2/p-1. The van der Waals surface area contributed by atoms with Crippen LogP contribution < -0.4 is 0 Å². The van der Waals surface area contributed by atoms with E-state index in [0.717, 1.165) is 12.8 Å². The van der Waals surface area contributed by atoms with Crippen LogP contribution in [0.2, 0.25) is 0 Å². The van der Waals surface area contributed by atoms with Crippen molar-refractivity contribution in [3.8, 4) is 0 Å². The van der Waals surface area contributed by atoms with Crippen LogP contribution in [-0.4, -0.2) is 42.6 Å². The van der Waals surface area contributed by atoms with E-state index in [1.807, 2.05) is 0 Å². The Labute approximate surface area is 192 Å². The smallest absolute Gasteiger partial charge is 0.726 e. The quantitative estimate of drug-likeness (QED) is 0.0811. The molecular weight excluding hydrogens is 385 g/mol. The number of unbranched alkanes of at least 4 members (excludes halogenated alkanes) is 19. The summed E-state index contributed by atoms with van der Waals surface area (Å²) in [4.78, 5) is 0. The zero-order chi connectivity index (χ0) is 20.1. The van der Waals surface area contributed by atoms with Crippen molar-refractivity contribution in [2.45, 2.75) is 135 Å². The van der Waals surface area contributed by atoms with E-state index in [1.54, 1.807) is 0 Å². The second-order valence-electron chi connectivity index (χ2n) is 7.95. The summed E-state index contributed by atoms with van der Waals surface area (Å²) in [7, 11) is -4.50. The van der Waals surface area contributed by atoms with Gasteiger partial charge in [0.15, 0.2) is 0 Å². The van der Waals surface area contributed by atoms with E-state index in [2.05, 4.69) is 11.1 Å². The minimum atomic E-state index is -4.50. The Kier molecular flexibility index (Phi) is 26.3. The molecule has 0 saturated heterocycles. The minimum Gasteiger partial charge on any atom is -0.726 e. The van der Waals surface area contributed by atoms with Crippen molar-refractivity contribution in [3.05, 3.63) is 0 Å². The summed E-state index contributed by atoms with van der Waals surface area (Å²) in [5.74, 6) is 0. The Balaban J connectivity index is 0. The summed E-state index contributed by atoms with van der Waals surface area (Å²) in [5, 5.41) is 0. The topological polar surface area (TPSA) is 66.4 Å². The van der Waals surface area contributed by atoms with Crippen molar-refractivity contribution in [1.82, 2.24) is 0 Å². The molecule has 0 aliphatic carbocycles. The molecule has 6 heteroatoms. The Morgan fingerprint density at radius 1 is 0.536 bits per heavy atom. The molecule has 0 spiro atoms. The van der Waals surface area contributed by atoms with Crippen molar-refractivity contribution >= 4 is 33.5 Å². The molecule has 0 rings (SSSR count). The first-order valence-corrected chi connectivity index (χ1v) is 13.0. The third-order valence-corrected chi connectivity index (χ3v) is 5.68. The van der Waals surface area contributed by atoms with Gasteiger partial charge in [-0.1, -0.05) is 129 Å². The summed E-state index contributed by atoms with van der Waals surface area (Å²) in [6.07, 6.45) is 26.2. The molecule has 4 nitrogen and oxygen atoms in total. The fourth-order valence-corrected chi connectivity index (χ4v) is 3.84. The van der Waals surface area contributed by atoms with Crippen LogP contribution in [0.25, 0.3) is 0 Å². The summed E-state index contributed by atoms with van der Waals surface area (Å²) < 4.78 is 34.9. The summed E-state index contributed by atoms with van der Waals surface area (Å²) in [5.41, 5.74) is 0. The van der Waals surface area contributed by atoms with Gasteiger partial charge in [0.25, 0.3) is 0 Å². The van der Waals surface area contributed by atoms with Crippen molar-refractivity contribution in [3.63, 3.8) is 0 Å². The summed E-state index contributed by atoms with van der Waals surface area (Å²) in [6.45, 7) is 2.31.